The number of amidine groups is 1. The van der Waals surface area contributed by atoms with Gasteiger partial charge < -0.3 is 0 Å². The summed E-state index contributed by atoms with van der Waals surface area (Å²) in [5.74, 6) is -0.160. The summed E-state index contributed by atoms with van der Waals surface area (Å²) in [7, 11) is 0. The average Bonchev–Trinajstić information content (AvgIpc) is 2.33. The Kier molecular flexibility index (Phi) is 2.91. The number of carbonyl (C=O) groups excluding carboxylic acids is 2. The quantitative estimate of drug-likeness (QED) is 0.823. The molecule has 17 heavy (non-hydrogen) atoms. The van der Waals surface area contributed by atoms with Crippen molar-refractivity contribution in [2.75, 3.05) is 5.01 Å². The number of hydrogen-bond acceptors (Lipinski definition) is 4. The second-order valence-electron chi connectivity index (χ2n) is 3.83. The maximum atomic E-state index is 11.9. The lowest BCUT2D eigenvalue weighted by molar-refractivity contribution is -0.120. The monoisotopic (exact) mass is 231 g/mol. The van der Waals surface area contributed by atoms with Crippen molar-refractivity contribution in [3.05, 3.63) is 30.3 Å². The topological polar surface area (TPSA) is 61.8 Å². The first-order valence-electron chi connectivity index (χ1n) is 5.34. The second kappa shape index (κ2) is 4.37. The Morgan fingerprint density at radius 2 is 2.00 bits per heavy atom. The summed E-state index contributed by atoms with van der Waals surface area (Å²) in [6.07, 6.45) is 0. The number of hydrazine groups is 1. The van der Waals surface area contributed by atoms with Gasteiger partial charge in [0.15, 0.2) is 11.6 Å². The summed E-state index contributed by atoms with van der Waals surface area (Å²) < 4.78 is 0. The van der Waals surface area contributed by atoms with Gasteiger partial charge in [-0.15, -0.1) is 0 Å². The number of carbonyl (C=O) groups is 2. The van der Waals surface area contributed by atoms with E-state index in [1.165, 1.54) is 11.9 Å². The van der Waals surface area contributed by atoms with Crippen molar-refractivity contribution >= 4 is 23.2 Å². The molecule has 1 unspecified atom stereocenters. The van der Waals surface area contributed by atoms with E-state index in [1.54, 1.807) is 19.1 Å². The van der Waals surface area contributed by atoms with E-state index < -0.39 is 6.04 Å². The molecule has 2 rings (SSSR count). The van der Waals surface area contributed by atoms with Crippen LogP contribution in [0, 0.1) is 0 Å². The van der Waals surface area contributed by atoms with Crippen LogP contribution in [0.5, 0.6) is 0 Å². The molecule has 5 heteroatoms. The van der Waals surface area contributed by atoms with Gasteiger partial charge in [0.05, 0.1) is 5.69 Å². The fourth-order valence-corrected chi connectivity index (χ4v) is 1.56. The number of Topliss-reactive ketones (excluding diaryl/α,β-unsaturated/α-hetero) is 1. The predicted octanol–water partition coefficient (Wildman–Crippen LogP) is 0.914. The van der Waals surface area contributed by atoms with Crippen molar-refractivity contribution in [3.63, 3.8) is 0 Å². The van der Waals surface area contributed by atoms with Gasteiger partial charge in [-0.25, -0.2) is 5.01 Å². The number of amides is 1. The van der Waals surface area contributed by atoms with E-state index in [4.69, 9.17) is 0 Å². The van der Waals surface area contributed by atoms with Crippen LogP contribution in [-0.2, 0) is 9.59 Å². The highest BCUT2D eigenvalue weighted by Gasteiger charge is 2.29. The molecular weight excluding hydrogens is 218 g/mol. The van der Waals surface area contributed by atoms with Crippen LogP contribution in [0.4, 0.5) is 5.69 Å². The molecule has 1 aliphatic heterocycles. The number of para-hydroxylation sites is 1. The van der Waals surface area contributed by atoms with E-state index in [1.807, 2.05) is 18.2 Å². The summed E-state index contributed by atoms with van der Waals surface area (Å²) in [6.45, 7) is 3.08. The molecule has 0 radical (unpaired) electrons. The van der Waals surface area contributed by atoms with Crippen LogP contribution in [0.15, 0.2) is 35.3 Å². The third-order valence-corrected chi connectivity index (χ3v) is 2.47. The predicted molar refractivity (Wildman–Crippen MR) is 64.6 cm³/mol. The molecule has 0 aliphatic carbocycles. The third-order valence-electron chi connectivity index (χ3n) is 2.47. The van der Waals surface area contributed by atoms with E-state index in [-0.39, 0.29) is 17.5 Å². The SMILES string of the molecule is CC(=O)C1=NC(C)C(=O)N(c2ccccc2)N1. The molecule has 1 N–H and O–H groups in total. The summed E-state index contributed by atoms with van der Waals surface area (Å²) >= 11 is 0. The molecule has 1 heterocycles. The van der Waals surface area contributed by atoms with Gasteiger partial charge in [-0.3, -0.25) is 20.0 Å². The fourth-order valence-electron chi connectivity index (χ4n) is 1.56. The first-order valence-corrected chi connectivity index (χ1v) is 5.34. The normalized spacial score (nSPS) is 19.6. The van der Waals surface area contributed by atoms with Gasteiger partial charge in [-0.2, -0.15) is 0 Å². The number of benzene rings is 1. The largest absolute Gasteiger partial charge is 0.291 e. The third kappa shape index (κ3) is 2.18. The van der Waals surface area contributed by atoms with Crippen LogP contribution in [0.1, 0.15) is 13.8 Å². The van der Waals surface area contributed by atoms with E-state index in [2.05, 4.69) is 10.4 Å². The molecule has 0 bridgehead atoms. The van der Waals surface area contributed by atoms with Gasteiger partial charge >= 0.3 is 0 Å². The minimum Gasteiger partial charge on any atom is -0.291 e. The zero-order chi connectivity index (χ0) is 12.4. The van der Waals surface area contributed by atoms with Crippen molar-refractivity contribution in [1.82, 2.24) is 5.43 Å². The molecule has 0 fully saturated rings. The van der Waals surface area contributed by atoms with Crippen LogP contribution in [0.2, 0.25) is 0 Å². The molecule has 0 saturated carbocycles. The summed E-state index contributed by atoms with van der Waals surface area (Å²) in [4.78, 5) is 27.2. The van der Waals surface area contributed by atoms with Crippen LogP contribution in [0.25, 0.3) is 0 Å². The maximum Gasteiger partial charge on any atom is 0.270 e. The number of ketones is 1. The van der Waals surface area contributed by atoms with Crippen molar-refractivity contribution in [2.45, 2.75) is 19.9 Å². The number of nitrogens with one attached hydrogen (secondary N) is 1. The first-order chi connectivity index (χ1) is 8.09. The number of rotatable bonds is 2. The van der Waals surface area contributed by atoms with Crippen molar-refractivity contribution < 1.29 is 9.59 Å². The van der Waals surface area contributed by atoms with Gasteiger partial charge in [0.1, 0.15) is 6.04 Å². The second-order valence-corrected chi connectivity index (χ2v) is 3.83. The summed E-state index contributed by atoms with van der Waals surface area (Å²) in [6, 6.07) is 8.56. The van der Waals surface area contributed by atoms with Crippen LogP contribution in [-0.4, -0.2) is 23.6 Å². The molecule has 0 saturated heterocycles. The highest BCUT2D eigenvalue weighted by molar-refractivity contribution is 6.39. The minimum absolute atomic E-state index is 0.179. The smallest absolute Gasteiger partial charge is 0.270 e. The lowest BCUT2D eigenvalue weighted by atomic mass is 10.2. The Morgan fingerprint density at radius 1 is 1.35 bits per heavy atom. The number of anilines is 1. The Hall–Kier alpha value is -2.17. The van der Waals surface area contributed by atoms with Crippen LogP contribution in [0.3, 0.4) is 0 Å². The lowest BCUT2D eigenvalue weighted by Gasteiger charge is -2.30. The van der Waals surface area contributed by atoms with E-state index in [0.29, 0.717) is 5.69 Å². The maximum absolute atomic E-state index is 11.9. The van der Waals surface area contributed by atoms with Gasteiger partial charge in [-0.05, 0) is 19.1 Å². The highest BCUT2D eigenvalue weighted by atomic mass is 16.2. The fraction of sp³-hybridized carbons (Fsp3) is 0.250. The zero-order valence-electron chi connectivity index (χ0n) is 9.68. The van der Waals surface area contributed by atoms with Gasteiger partial charge in [0.2, 0.25) is 0 Å². The van der Waals surface area contributed by atoms with E-state index in [0.717, 1.165) is 0 Å². The van der Waals surface area contributed by atoms with Gasteiger partial charge in [0.25, 0.3) is 5.91 Å². The van der Waals surface area contributed by atoms with Gasteiger partial charge in [-0.1, -0.05) is 18.2 Å². The van der Waals surface area contributed by atoms with Crippen LogP contribution < -0.4 is 10.4 Å². The molecular formula is C12H13N3O2. The first kappa shape index (κ1) is 11.3. The molecule has 5 nitrogen and oxygen atoms in total. The summed E-state index contributed by atoms with van der Waals surface area (Å²) in [5.41, 5.74) is 3.43. The Morgan fingerprint density at radius 3 is 2.59 bits per heavy atom. The zero-order valence-corrected chi connectivity index (χ0v) is 9.68. The molecule has 1 atom stereocenters. The van der Waals surface area contributed by atoms with Crippen molar-refractivity contribution in [2.24, 2.45) is 4.99 Å². The number of aliphatic imine (C=N–C) groups is 1. The molecule has 0 spiro atoms. The lowest BCUT2D eigenvalue weighted by Crippen LogP contribution is -2.55. The number of nitrogens with zero attached hydrogens (tertiary/aromatic N) is 2. The van der Waals surface area contributed by atoms with Crippen LogP contribution >= 0.6 is 0 Å². The molecule has 1 aromatic carbocycles. The molecule has 88 valence electrons. The minimum atomic E-state index is -0.546. The molecule has 1 aliphatic rings. The average molecular weight is 231 g/mol. The van der Waals surface area contributed by atoms with Crippen molar-refractivity contribution in [3.8, 4) is 0 Å². The standard InChI is InChI=1S/C12H13N3O2/c1-8-12(17)15(10-6-4-3-5-7-10)14-11(13-8)9(2)16/h3-8H,1-2H3,(H,13,14). The van der Waals surface area contributed by atoms with E-state index >= 15 is 0 Å². The van der Waals surface area contributed by atoms with Gasteiger partial charge in [0, 0.05) is 6.92 Å². The Balaban J connectivity index is 2.34. The van der Waals surface area contributed by atoms with Crippen molar-refractivity contribution in [1.29, 1.82) is 0 Å². The molecule has 0 aromatic heterocycles. The van der Waals surface area contributed by atoms with E-state index in [9.17, 15) is 9.59 Å². The summed E-state index contributed by atoms with van der Waals surface area (Å²) in [5, 5.41) is 1.36. The Labute approximate surface area is 99.1 Å². The number of hydrogen-bond donors (Lipinski definition) is 1. The molecule has 1 amide bonds. The highest BCUT2D eigenvalue weighted by Crippen LogP contribution is 2.15. The molecule has 1 aromatic rings. The Bertz CT molecular complexity index is 482.